The van der Waals surface area contributed by atoms with Gasteiger partial charge in [-0.25, -0.2) is 4.79 Å². The highest BCUT2D eigenvalue weighted by atomic mass is 16.5. The smallest absolute Gasteiger partial charge is 0.414 e. The minimum atomic E-state index is -0.865. The van der Waals surface area contributed by atoms with Crippen molar-refractivity contribution in [2.24, 2.45) is 5.10 Å². The summed E-state index contributed by atoms with van der Waals surface area (Å²) in [6.07, 6.45) is 0.353. The van der Waals surface area contributed by atoms with E-state index in [1.807, 2.05) is 5.32 Å². The summed E-state index contributed by atoms with van der Waals surface area (Å²) in [6, 6.07) is 0. The zero-order valence-corrected chi connectivity index (χ0v) is 11.6. The number of imide groups is 1. The third-order valence-electron chi connectivity index (χ3n) is 2.46. The molecule has 1 aliphatic rings. The van der Waals surface area contributed by atoms with Gasteiger partial charge >= 0.3 is 6.09 Å². The van der Waals surface area contributed by atoms with Gasteiger partial charge in [0.1, 0.15) is 5.76 Å². The summed E-state index contributed by atoms with van der Waals surface area (Å²) in [5, 5.41) is 17.3. The van der Waals surface area contributed by atoms with Gasteiger partial charge in [-0.3, -0.25) is 15.1 Å². The lowest BCUT2D eigenvalue weighted by Gasteiger charge is -2.23. The van der Waals surface area contributed by atoms with E-state index in [1.165, 1.54) is 13.1 Å². The van der Waals surface area contributed by atoms with Gasteiger partial charge in [-0.15, -0.1) is 0 Å². The van der Waals surface area contributed by atoms with E-state index in [4.69, 9.17) is 4.74 Å². The molecule has 1 rings (SSSR count). The summed E-state index contributed by atoms with van der Waals surface area (Å²) in [4.78, 5) is 22.9. The van der Waals surface area contributed by atoms with Crippen LogP contribution in [0.2, 0.25) is 0 Å². The topological polar surface area (TPSA) is 100 Å². The van der Waals surface area contributed by atoms with Gasteiger partial charge in [0, 0.05) is 0 Å². The van der Waals surface area contributed by atoms with Crippen molar-refractivity contribution < 1.29 is 24.2 Å². The van der Waals surface area contributed by atoms with Crippen LogP contribution >= 0.6 is 0 Å². The fourth-order valence-corrected chi connectivity index (χ4v) is 1.45. The number of morpholine rings is 1. The van der Waals surface area contributed by atoms with Crippen LogP contribution in [-0.4, -0.2) is 61.2 Å². The van der Waals surface area contributed by atoms with Crippen molar-refractivity contribution >= 4 is 18.2 Å². The maximum absolute atomic E-state index is 11.8. The molecule has 0 bridgehead atoms. The molecule has 0 spiro atoms. The van der Waals surface area contributed by atoms with Crippen LogP contribution in [0, 0.1) is 0 Å². The third-order valence-corrected chi connectivity index (χ3v) is 2.46. The Hall–Kier alpha value is -2.09. The predicted molar refractivity (Wildman–Crippen MR) is 71.4 cm³/mol. The molecule has 0 unspecified atom stereocenters. The van der Waals surface area contributed by atoms with Crippen molar-refractivity contribution in [2.45, 2.75) is 13.8 Å². The first-order valence-electron chi connectivity index (χ1n) is 6.29. The number of alkyl carbamates (subject to hydrolysis) is 1. The second-order valence-electron chi connectivity index (χ2n) is 3.98. The number of ether oxygens (including phenoxy) is 2. The second kappa shape index (κ2) is 8.16. The molecule has 0 radical (unpaired) electrons. The van der Waals surface area contributed by atoms with E-state index in [1.54, 1.807) is 11.9 Å². The van der Waals surface area contributed by atoms with E-state index < -0.39 is 12.0 Å². The normalized spacial score (nSPS) is 16.8. The second-order valence-corrected chi connectivity index (χ2v) is 3.98. The lowest BCUT2D eigenvalue weighted by molar-refractivity contribution is -0.116. The Morgan fingerprint density at radius 1 is 1.45 bits per heavy atom. The highest BCUT2D eigenvalue weighted by Gasteiger charge is 2.16. The highest BCUT2D eigenvalue weighted by Crippen LogP contribution is 2.02. The number of hydrogen-bond donors (Lipinski definition) is 2. The number of nitrogens with one attached hydrogen (secondary N) is 1. The van der Waals surface area contributed by atoms with Crippen LogP contribution in [0.4, 0.5) is 4.79 Å². The molecule has 8 heteroatoms. The summed E-state index contributed by atoms with van der Waals surface area (Å²) >= 11 is 0. The van der Waals surface area contributed by atoms with Gasteiger partial charge in [0.25, 0.3) is 5.91 Å². The molecule has 112 valence electrons. The molecule has 1 heterocycles. The zero-order chi connectivity index (χ0) is 15.0. The molecule has 1 aliphatic heterocycles. The number of carbonyl (C=O) groups excluding carboxylic acids is 2. The summed E-state index contributed by atoms with van der Waals surface area (Å²) in [5.74, 6) is -0.996. The number of hydrogen-bond acceptors (Lipinski definition) is 7. The molecule has 1 fully saturated rings. The van der Waals surface area contributed by atoms with Crippen LogP contribution in [0.5, 0.6) is 0 Å². The maximum Gasteiger partial charge on any atom is 0.414 e. The van der Waals surface area contributed by atoms with E-state index >= 15 is 0 Å². The minimum Gasteiger partial charge on any atom is -0.512 e. The Bertz CT molecular complexity index is 409. The quantitative estimate of drug-likeness (QED) is 0.441. The Morgan fingerprint density at radius 2 is 2.10 bits per heavy atom. The molecule has 0 aromatic rings. The standard InChI is InChI=1S/C12H19N3O5/c1-3-20-12(18)14-11(17)10(9(2)16)8-13-15-4-6-19-7-5-15/h8,16H,3-7H2,1-2H3,(H,14,17,18)/b10-9+,13-8+. The molecular weight excluding hydrogens is 266 g/mol. The number of amides is 2. The van der Waals surface area contributed by atoms with Crippen LogP contribution in [0.1, 0.15) is 13.8 Å². The SMILES string of the molecule is CCOC(=O)NC(=O)C(/C=N/N1CCOCC1)=C(\C)O. The van der Waals surface area contributed by atoms with Crippen molar-refractivity contribution in [2.75, 3.05) is 32.9 Å². The molecule has 2 amide bonds. The minimum absolute atomic E-state index is 0.0930. The van der Waals surface area contributed by atoms with Crippen molar-refractivity contribution in [3.63, 3.8) is 0 Å². The van der Waals surface area contributed by atoms with Crippen molar-refractivity contribution in [3.05, 3.63) is 11.3 Å². The molecule has 0 saturated carbocycles. The molecule has 0 atom stereocenters. The average molecular weight is 285 g/mol. The Morgan fingerprint density at radius 3 is 2.65 bits per heavy atom. The monoisotopic (exact) mass is 285 g/mol. The highest BCUT2D eigenvalue weighted by molar-refractivity contribution is 6.16. The van der Waals surface area contributed by atoms with Crippen molar-refractivity contribution in [3.8, 4) is 0 Å². The Balaban J connectivity index is 2.64. The largest absolute Gasteiger partial charge is 0.512 e. The van der Waals surface area contributed by atoms with Crippen molar-refractivity contribution in [1.82, 2.24) is 10.3 Å². The van der Waals surface area contributed by atoms with Crippen LogP contribution in [0.25, 0.3) is 0 Å². The third kappa shape index (κ3) is 5.27. The van der Waals surface area contributed by atoms with Gasteiger partial charge in [0.15, 0.2) is 0 Å². The first-order valence-corrected chi connectivity index (χ1v) is 6.29. The number of rotatable bonds is 4. The number of carbonyl (C=O) groups is 2. The van der Waals surface area contributed by atoms with Gasteiger partial charge in [0.2, 0.25) is 0 Å². The van der Waals surface area contributed by atoms with Crippen LogP contribution in [-0.2, 0) is 14.3 Å². The van der Waals surface area contributed by atoms with E-state index in [0.29, 0.717) is 26.3 Å². The van der Waals surface area contributed by atoms with E-state index in [0.717, 1.165) is 0 Å². The van der Waals surface area contributed by atoms with E-state index in [-0.39, 0.29) is 17.9 Å². The lowest BCUT2D eigenvalue weighted by atomic mass is 10.2. The van der Waals surface area contributed by atoms with Crippen molar-refractivity contribution in [1.29, 1.82) is 0 Å². The Labute approximate surface area is 117 Å². The summed E-state index contributed by atoms with van der Waals surface area (Å²) in [5.41, 5.74) is -0.0930. The molecule has 0 aromatic heterocycles. The predicted octanol–water partition coefficient (Wildman–Crippen LogP) is 0.409. The number of aliphatic hydroxyl groups excluding tert-OH is 1. The number of nitrogens with zero attached hydrogens (tertiary/aromatic N) is 2. The number of aliphatic hydroxyl groups is 1. The van der Waals surface area contributed by atoms with Gasteiger partial charge in [-0.1, -0.05) is 0 Å². The lowest BCUT2D eigenvalue weighted by Crippen LogP contribution is -2.34. The molecular formula is C12H19N3O5. The van der Waals surface area contributed by atoms with Gasteiger partial charge < -0.3 is 14.6 Å². The summed E-state index contributed by atoms with van der Waals surface area (Å²) in [6.45, 7) is 5.44. The first-order chi connectivity index (χ1) is 9.54. The van der Waals surface area contributed by atoms with Crippen LogP contribution in [0.15, 0.2) is 16.4 Å². The fraction of sp³-hybridized carbons (Fsp3) is 0.583. The van der Waals surface area contributed by atoms with Crippen LogP contribution < -0.4 is 5.32 Å². The maximum atomic E-state index is 11.8. The molecule has 1 saturated heterocycles. The first kappa shape index (κ1) is 16.0. The zero-order valence-electron chi connectivity index (χ0n) is 11.6. The number of hydrazone groups is 1. The molecule has 0 aromatic carbocycles. The van der Waals surface area contributed by atoms with Gasteiger partial charge in [-0.05, 0) is 13.8 Å². The molecule has 0 aliphatic carbocycles. The fourth-order valence-electron chi connectivity index (χ4n) is 1.45. The summed E-state index contributed by atoms with van der Waals surface area (Å²) < 4.78 is 9.75. The molecule has 8 nitrogen and oxygen atoms in total. The molecule has 2 N–H and O–H groups in total. The molecule has 20 heavy (non-hydrogen) atoms. The van der Waals surface area contributed by atoms with Gasteiger partial charge in [0.05, 0.1) is 44.7 Å². The number of allylic oxidation sites excluding steroid dienone is 1. The Kier molecular flexibility index (Phi) is 6.51. The summed E-state index contributed by atoms with van der Waals surface area (Å²) in [7, 11) is 0. The van der Waals surface area contributed by atoms with Gasteiger partial charge in [-0.2, -0.15) is 5.10 Å². The van der Waals surface area contributed by atoms with E-state index in [9.17, 15) is 14.7 Å². The van der Waals surface area contributed by atoms with E-state index in [2.05, 4.69) is 9.84 Å². The average Bonchev–Trinajstić information content (AvgIpc) is 2.39. The van der Waals surface area contributed by atoms with Crippen LogP contribution in [0.3, 0.4) is 0 Å².